The number of hydrogen-bond acceptors (Lipinski definition) is 7. The monoisotopic (exact) mass is 401 g/mol. The van der Waals surface area contributed by atoms with Gasteiger partial charge in [0.1, 0.15) is 5.75 Å². The number of aromatic amines is 1. The van der Waals surface area contributed by atoms with Gasteiger partial charge in [-0.2, -0.15) is 0 Å². The molecule has 0 bridgehead atoms. The Bertz CT molecular complexity index is 907. The van der Waals surface area contributed by atoms with Gasteiger partial charge >= 0.3 is 0 Å². The second-order valence-corrected chi connectivity index (χ2v) is 6.78. The van der Waals surface area contributed by atoms with E-state index in [1.807, 2.05) is 12.1 Å². The van der Waals surface area contributed by atoms with Gasteiger partial charge in [0, 0.05) is 0 Å². The van der Waals surface area contributed by atoms with Crippen molar-refractivity contribution in [2.24, 2.45) is 0 Å². The summed E-state index contributed by atoms with van der Waals surface area (Å²) in [7, 11) is 1.54. The largest absolute Gasteiger partial charge is 0.496 e. The second-order valence-electron chi connectivity index (χ2n) is 6.78. The van der Waals surface area contributed by atoms with Crippen LogP contribution < -0.4 is 14.8 Å². The summed E-state index contributed by atoms with van der Waals surface area (Å²) in [6, 6.07) is 5.44. The first kappa shape index (κ1) is 20.6. The molecule has 0 saturated carbocycles. The van der Waals surface area contributed by atoms with Crippen molar-refractivity contribution in [2.45, 2.75) is 51.9 Å². The number of rotatable bonds is 12. The average molecular weight is 401 g/mol. The van der Waals surface area contributed by atoms with Crippen LogP contribution in [-0.2, 0) is 0 Å². The first-order valence-corrected chi connectivity index (χ1v) is 10.0. The lowest BCUT2D eigenvalue weighted by Gasteiger charge is -2.04. The zero-order chi connectivity index (χ0) is 20.5. The molecule has 1 amide bonds. The molecule has 0 aliphatic carbocycles. The Labute approximate surface area is 169 Å². The molecule has 9 nitrogen and oxygen atoms in total. The van der Waals surface area contributed by atoms with Crippen molar-refractivity contribution >= 4 is 22.6 Å². The van der Waals surface area contributed by atoms with Crippen molar-refractivity contribution < 1.29 is 18.7 Å². The predicted molar refractivity (Wildman–Crippen MR) is 108 cm³/mol. The van der Waals surface area contributed by atoms with E-state index in [9.17, 15) is 4.79 Å². The van der Waals surface area contributed by atoms with Crippen LogP contribution in [0.1, 0.15) is 62.4 Å². The first-order chi connectivity index (χ1) is 14.2. The van der Waals surface area contributed by atoms with Crippen LogP contribution in [0.25, 0.3) is 10.8 Å². The first-order valence-electron chi connectivity index (χ1n) is 10.0. The maximum absolute atomic E-state index is 12.7. The van der Waals surface area contributed by atoms with Crippen LogP contribution in [0.2, 0.25) is 0 Å². The number of aromatic nitrogens is 4. The Hall–Kier alpha value is -3.10. The molecule has 1 aromatic carbocycles. The van der Waals surface area contributed by atoms with Gasteiger partial charge in [0.05, 0.1) is 24.5 Å². The van der Waals surface area contributed by atoms with Crippen molar-refractivity contribution in [3.63, 3.8) is 0 Å². The number of tetrazole rings is 1. The van der Waals surface area contributed by atoms with E-state index in [1.165, 1.54) is 32.1 Å². The molecule has 2 heterocycles. The number of nitrogens with one attached hydrogen (secondary N) is 2. The quantitative estimate of drug-likeness (QED) is 0.434. The molecule has 0 radical (unpaired) electrons. The summed E-state index contributed by atoms with van der Waals surface area (Å²) in [4.78, 5) is 12.7. The Balaban J connectivity index is 1.68. The number of furan rings is 1. The van der Waals surface area contributed by atoms with Crippen LogP contribution in [0, 0.1) is 0 Å². The number of H-pyrrole nitrogens is 1. The van der Waals surface area contributed by atoms with Crippen molar-refractivity contribution in [3.8, 4) is 11.7 Å². The molecule has 156 valence electrons. The third kappa shape index (κ3) is 5.24. The number of anilines is 1. The highest BCUT2D eigenvalue weighted by Crippen LogP contribution is 2.38. The molecule has 3 aromatic rings. The predicted octanol–water partition coefficient (Wildman–Crippen LogP) is 4.34. The van der Waals surface area contributed by atoms with Gasteiger partial charge in [0.2, 0.25) is 11.7 Å². The SMILES string of the molecule is CCCCCCCCCOc1oc(C(=O)Nc2nnn[nH]2)c2c(OC)cccc12. The Morgan fingerprint density at radius 1 is 1.17 bits per heavy atom. The molecule has 3 rings (SSSR count). The second kappa shape index (κ2) is 10.4. The third-order valence-electron chi connectivity index (χ3n) is 4.65. The summed E-state index contributed by atoms with van der Waals surface area (Å²) in [6.07, 6.45) is 8.34. The standard InChI is InChI=1S/C20H27N5O4/c1-3-4-5-6-7-8-9-13-28-19-14-11-10-12-15(27-2)16(14)17(29-19)18(26)21-20-22-24-25-23-20/h10-12H,3-9,13H2,1-2H3,(H2,21,22,23,24,25,26). The molecule has 9 heteroatoms. The summed E-state index contributed by atoms with van der Waals surface area (Å²) >= 11 is 0. The van der Waals surface area contributed by atoms with Crippen molar-refractivity contribution in [3.05, 3.63) is 24.0 Å². The minimum Gasteiger partial charge on any atom is -0.496 e. The molecule has 0 aliphatic heterocycles. The van der Waals surface area contributed by atoms with Crippen LogP contribution in [0.15, 0.2) is 22.6 Å². The van der Waals surface area contributed by atoms with Gasteiger partial charge in [-0.25, -0.2) is 5.10 Å². The average Bonchev–Trinajstić information content (AvgIpc) is 3.37. The van der Waals surface area contributed by atoms with E-state index in [0.29, 0.717) is 29.1 Å². The Morgan fingerprint density at radius 3 is 2.69 bits per heavy atom. The van der Waals surface area contributed by atoms with Crippen molar-refractivity contribution in [1.29, 1.82) is 0 Å². The van der Waals surface area contributed by atoms with Gasteiger partial charge in [-0.3, -0.25) is 10.1 Å². The normalized spacial score (nSPS) is 11.0. The van der Waals surface area contributed by atoms with Crippen LogP contribution in [0.4, 0.5) is 5.95 Å². The minimum absolute atomic E-state index is 0.0865. The van der Waals surface area contributed by atoms with E-state index in [2.05, 4.69) is 32.9 Å². The lowest BCUT2D eigenvalue weighted by atomic mass is 10.1. The molecule has 2 aromatic heterocycles. The van der Waals surface area contributed by atoms with Crippen LogP contribution in [0.3, 0.4) is 0 Å². The number of carbonyl (C=O) groups excluding carboxylic acids is 1. The highest BCUT2D eigenvalue weighted by atomic mass is 16.6. The third-order valence-corrected chi connectivity index (χ3v) is 4.65. The molecule has 2 N–H and O–H groups in total. The molecular weight excluding hydrogens is 374 g/mol. The van der Waals surface area contributed by atoms with E-state index in [0.717, 1.165) is 12.8 Å². The van der Waals surface area contributed by atoms with Crippen molar-refractivity contribution in [1.82, 2.24) is 20.6 Å². The fourth-order valence-corrected chi connectivity index (χ4v) is 3.17. The maximum atomic E-state index is 12.7. The van der Waals surface area contributed by atoms with Crippen LogP contribution in [0.5, 0.6) is 11.7 Å². The topological polar surface area (TPSA) is 115 Å². The summed E-state index contributed by atoms with van der Waals surface area (Å²) in [5.74, 6) is 0.552. The summed E-state index contributed by atoms with van der Waals surface area (Å²) in [5.41, 5.74) is 0. The van der Waals surface area contributed by atoms with Crippen LogP contribution >= 0.6 is 0 Å². The number of methoxy groups -OCH3 is 1. The Kier molecular flexibility index (Phi) is 7.43. The zero-order valence-corrected chi connectivity index (χ0v) is 16.9. The van der Waals surface area contributed by atoms with Gasteiger partial charge in [0.15, 0.2) is 0 Å². The van der Waals surface area contributed by atoms with Gasteiger partial charge in [-0.1, -0.05) is 56.6 Å². The molecule has 0 atom stereocenters. The number of benzene rings is 1. The maximum Gasteiger partial charge on any atom is 0.294 e. The minimum atomic E-state index is -0.496. The number of fused-ring (bicyclic) bond motifs is 1. The number of ether oxygens (including phenoxy) is 2. The molecule has 0 fully saturated rings. The number of unbranched alkanes of at least 4 members (excludes halogenated alkanes) is 6. The lowest BCUT2D eigenvalue weighted by molar-refractivity contribution is 0.0988. The van der Waals surface area contributed by atoms with Crippen LogP contribution in [-0.4, -0.2) is 40.2 Å². The molecule has 0 unspecified atom stereocenters. The molecule has 0 aliphatic rings. The molecule has 29 heavy (non-hydrogen) atoms. The molecule has 0 saturated heterocycles. The fourth-order valence-electron chi connectivity index (χ4n) is 3.17. The summed E-state index contributed by atoms with van der Waals surface area (Å²) in [5, 5.41) is 16.8. The number of amides is 1. The van der Waals surface area contributed by atoms with Gasteiger partial charge in [0.25, 0.3) is 11.9 Å². The molecule has 0 spiro atoms. The fraction of sp³-hybridized carbons (Fsp3) is 0.500. The van der Waals surface area contributed by atoms with Gasteiger partial charge in [-0.15, -0.1) is 0 Å². The van der Waals surface area contributed by atoms with E-state index in [4.69, 9.17) is 13.9 Å². The zero-order valence-electron chi connectivity index (χ0n) is 16.9. The van der Waals surface area contributed by atoms with E-state index in [-0.39, 0.29) is 11.7 Å². The number of hydrogen-bond donors (Lipinski definition) is 2. The summed E-state index contributed by atoms with van der Waals surface area (Å²) < 4.78 is 17.1. The summed E-state index contributed by atoms with van der Waals surface area (Å²) in [6.45, 7) is 2.74. The Morgan fingerprint density at radius 2 is 1.97 bits per heavy atom. The highest BCUT2D eigenvalue weighted by molar-refractivity contribution is 6.13. The highest BCUT2D eigenvalue weighted by Gasteiger charge is 2.24. The van der Waals surface area contributed by atoms with Gasteiger partial charge < -0.3 is 13.9 Å². The number of carbonyl (C=O) groups is 1. The van der Waals surface area contributed by atoms with E-state index < -0.39 is 5.91 Å². The lowest BCUT2D eigenvalue weighted by Crippen LogP contribution is -2.12. The van der Waals surface area contributed by atoms with E-state index >= 15 is 0 Å². The van der Waals surface area contributed by atoms with Crippen molar-refractivity contribution in [2.75, 3.05) is 19.0 Å². The van der Waals surface area contributed by atoms with E-state index in [1.54, 1.807) is 13.2 Å². The number of nitrogens with zero attached hydrogens (tertiary/aromatic N) is 3. The molecular formula is C20H27N5O4. The smallest absolute Gasteiger partial charge is 0.294 e. The van der Waals surface area contributed by atoms with Gasteiger partial charge in [-0.05, 0) is 29.0 Å².